The van der Waals surface area contributed by atoms with Crippen LogP contribution in [0, 0.1) is 6.92 Å². The summed E-state index contributed by atoms with van der Waals surface area (Å²) in [5.74, 6) is -2.07. The first-order valence-corrected chi connectivity index (χ1v) is 15.9. The van der Waals surface area contributed by atoms with Crippen molar-refractivity contribution in [2.45, 2.75) is 28.5 Å². The van der Waals surface area contributed by atoms with Crippen LogP contribution >= 0.6 is 0 Å². The Morgan fingerprint density at radius 1 is 0.795 bits per heavy atom. The molecule has 0 atom stereocenters. The van der Waals surface area contributed by atoms with Crippen LogP contribution in [0.25, 0.3) is 10.8 Å². The second-order valence-corrected chi connectivity index (χ2v) is 13.3. The zero-order chi connectivity index (χ0) is 31.0. The molecule has 0 unspecified atom stereocenters. The molecule has 4 aromatic carbocycles. The van der Waals surface area contributed by atoms with Crippen molar-refractivity contribution in [2.75, 3.05) is 4.72 Å². The van der Waals surface area contributed by atoms with E-state index in [0.29, 0.717) is 11.6 Å². The number of hydrogen-bond donors (Lipinski definition) is 3. The first-order valence-electron chi connectivity index (χ1n) is 11.6. The Balaban J connectivity index is 0.00000337. The molecule has 0 heterocycles. The number of aryl methyl sites for hydroxylation is 1. The summed E-state index contributed by atoms with van der Waals surface area (Å²) in [6.07, 6.45) is 0. The van der Waals surface area contributed by atoms with Gasteiger partial charge in [-0.2, -0.15) is 21.9 Å². The normalized spacial score (nSPS) is 12.5. The zero-order valence-electron chi connectivity index (χ0n) is 23.6. The van der Waals surface area contributed by atoms with Gasteiger partial charge in [0.15, 0.2) is 0 Å². The first-order chi connectivity index (χ1) is 19.5. The molecule has 0 aliphatic heterocycles. The van der Waals surface area contributed by atoms with E-state index < -0.39 is 73.8 Å². The molecule has 3 N–H and O–H groups in total. The standard InChI is InChI=1S/C25H22N4O10S3.2Na/c1-14-8-9-18(40(32,33)29-17-6-4-3-5-7-17)12-20(14)27-28-24-22(42(37,38)39)11-16-10-19(41(34,35)36)13-21(26-15(2)30)23(16)25(24)31;;/h3-13,29,31H,1-2H3,(H,26,30)(H,34,35,36)(H,37,38,39);;/q;2*+1/p-2. The van der Waals surface area contributed by atoms with Gasteiger partial charge >= 0.3 is 59.1 Å². The van der Waals surface area contributed by atoms with Gasteiger partial charge in [0.1, 0.15) is 4.90 Å². The molecule has 14 nitrogen and oxygen atoms in total. The number of anilines is 1. The van der Waals surface area contributed by atoms with Crippen molar-refractivity contribution in [3.05, 3.63) is 72.3 Å². The number of sulfonamides is 1. The minimum absolute atomic E-state index is 0. The number of para-hydroxylation sites is 1. The number of azo groups is 1. The second kappa shape index (κ2) is 14.3. The summed E-state index contributed by atoms with van der Waals surface area (Å²) in [5.41, 5.74) is -0.867. The van der Waals surface area contributed by atoms with Crippen LogP contribution in [-0.2, 0) is 30.3 Å². The van der Waals surface area contributed by atoms with E-state index in [4.69, 9.17) is 0 Å². The van der Waals surface area contributed by atoms with E-state index in [-0.39, 0.29) is 75.4 Å². The third-order valence-electron chi connectivity index (χ3n) is 5.71. The Morgan fingerprint density at radius 3 is 1.98 bits per heavy atom. The number of benzene rings is 4. The summed E-state index contributed by atoms with van der Waals surface area (Å²) in [7, 11) is -14.2. The van der Waals surface area contributed by atoms with Crippen molar-refractivity contribution in [1.82, 2.24) is 0 Å². The van der Waals surface area contributed by atoms with E-state index in [2.05, 4.69) is 19.9 Å². The van der Waals surface area contributed by atoms with E-state index in [1.165, 1.54) is 31.2 Å². The fourth-order valence-electron chi connectivity index (χ4n) is 3.81. The Morgan fingerprint density at radius 2 is 1.41 bits per heavy atom. The Kier molecular flexibility index (Phi) is 12.3. The molecule has 220 valence electrons. The summed E-state index contributed by atoms with van der Waals surface area (Å²) < 4.78 is 95.4. The van der Waals surface area contributed by atoms with E-state index in [1.807, 2.05) is 0 Å². The van der Waals surface area contributed by atoms with Crippen molar-refractivity contribution < 1.29 is 104 Å². The molecule has 0 amide bonds. The van der Waals surface area contributed by atoms with Crippen molar-refractivity contribution in [3.8, 4) is 5.75 Å². The maximum atomic E-state index is 13.5. The third-order valence-corrected chi connectivity index (χ3v) is 8.79. The Bertz CT molecular complexity index is 2120. The van der Waals surface area contributed by atoms with Crippen LogP contribution in [0.1, 0.15) is 12.5 Å². The molecule has 0 aliphatic rings. The van der Waals surface area contributed by atoms with Gasteiger partial charge in [-0.25, -0.2) is 8.42 Å². The fraction of sp³-hybridized carbons (Fsp3) is 0.0800. The van der Waals surface area contributed by atoms with Crippen LogP contribution in [0.4, 0.5) is 22.7 Å². The van der Waals surface area contributed by atoms with Gasteiger partial charge in [0.2, 0.25) is 0 Å². The zero-order valence-corrected chi connectivity index (χ0v) is 30.0. The molecule has 0 saturated carbocycles. The summed E-state index contributed by atoms with van der Waals surface area (Å²) in [6, 6.07) is 14.0. The second-order valence-electron chi connectivity index (χ2n) is 8.79. The largest absolute Gasteiger partial charge is 1.00 e. The fourth-order valence-corrected chi connectivity index (χ4v) is 6.08. The van der Waals surface area contributed by atoms with Crippen molar-refractivity contribution >= 4 is 69.7 Å². The Labute approximate surface area is 297 Å². The minimum Gasteiger partial charge on any atom is -0.870 e. The summed E-state index contributed by atoms with van der Waals surface area (Å²) in [5, 5.41) is 31.9. The quantitative estimate of drug-likeness (QED) is 0.0575. The smallest absolute Gasteiger partial charge is 0.870 e. The van der Waals surface area contributed by atoms with Gasteiger partial charge < -0.3 is 10.2 Å². The number of aliphatic imine (C=N–C) groups is 1. The molecule has 0 bridgehead atoms. The van der Waals surface area contributed by atoms with Crippen LogP contribution < -0.4 is 74.0 Å². The van der Waals surface area contributed by atoms with Crippen LogP contribution in [0.3, 0.4) is 0 Å². The summed E-state index contributed by atoms with van der Waals surface area (Å²) >= 11 is 0. The number of nitrogens with one attached hydrogen (secondary N) is 1. The number of nitrogens with zero attached hydrogens (tertiary/aromatic N) is 3. The maximum absolute atomic E-state index is 13.5. The van der Waals surface area contributed by atoms with E-state index in [1.54, 1.807) is 18.2 Å². The SMILES string of the molecule is CC([O-])=Nc1cc(S(=O)(=O)O)cc2cc(S(=O)(=O)O)c(N=Nc3cc(S(=O)(=O)Nc4ccccc4)ccc3C)c([O-])c12.[Na+].[Na+]. The molecule has 0 radical (unpaired) electrons. The number of hydrogen-bond acceptors (Lipinski definition) is 11. The average molecular weight is 679 g/mol. The van der Waals surface area contributed by atoms with Gasteiger partial charge in [-0.1, -0.05) is 30.0 Å². The molecule has 0 fully saturated rings. The first kappa shape index (κ1) is 37.8. The van der Waals surface area contributed by atoms with Crippen molar-refractivity contribution in [3.63, 3.8) is 0 Å². The van der Waals surface area contributed by atoms with E-state index in [9.17, 15) is 44.6 Å². The van der Waals surface area contributed by atoms with Gasteiger partial charge in [0.25, 0.3) is 30.3 Å². The van der Waals surface area contributed by atoms with Crippen molar-refractivity contribution in [2.24, 2.45) is 15.2 Å². The molecule has 0 saturated heterocycles. The predicted octanol–water partition coefficient (Wildman–Crippen LogP) is -2.65. The molecule has 0 aromatic heterocycles. The maximum Gasteiger partial charge on any atom is 1.00 e. The summed E-state index contributed by atoms with van der Waals surface area (Å²) in [6.45, 7) is 2.54. The predicted molar refractivity (Wildman–Crippen MR) is 148 cm³/mol. The monoisotopic (exact) mass is 678 g/mol. The van der Waals surface area contributed by atoms with Gasteiger partial charge in [0.05, 0.1) is 26.9 Å². The Hall–Kier alpha value is -2.42. The third kappa shape index (κ3) is 8.64. The van der Waals surface area contributed by atoms with Gasteiger partial charge in [-0.05, 0) is 73.2 Å². The molecule has 4 rings (SSSR count). The molecule has 4 aromatic rings. The molecular formula is C25H20N4Na2O10S3. The summed E-state index contributed by atoms with van der Waals surface area (Å²) in [4.78, 5) is 1.48. The molecule has 44 heavy (non-hydrogen) atoms. The van der Waals surface area contributed by atoms with E-state index >= 15 is 0 Å². The van der Waals surface area contributed by atoms with Crippen LogP contribution in [-0.4, -0.2) is 40.3 Å². The average Bonchev–Trinajstić information content (AvgIpc) is 2.87. The molecule has 0 aliphatic carbocycles. The molecule has 0 spiro atoms. The minimum atomic E-state index is -5.18. The topological polar surface area (TPSA) is 238 Å². The number of fused-ring (bicyclic) bond motifs is 1. The van der Waals surface area contributed by atoms with Gasteiger partial charge in [0, 0.05) is 11.1 Å². The van der Waals surface area contributed by atoms with Crippen LogP contribution in [0.15, 0.2) is 96.6 Å². The number of rotatable bonds is 8. The molecular weight excluding hydrogens is 658 g/mol. The molecule has 19 heteroatoms. The van der Waals surface area contributed by atoms with Gasteiger partial charge in [-0.15, -0.1) is 5.11 Å². The van der Waals surface area contributed by atoms with E-state index in [0.717, 1.165) is 25.1 Å². The van der Waals surface area contributed by atoms with Crippen LogP contribution in [0.5, 0.6) is 5.75 Å². The van der Waals surface area contributed by atoms with Gasteiger partial charge in [-0.3, -0.25) is 18.8 Å². The van der Waals surface area contributed by atoms with Crippen LogP contribution in [0.2, 0.25) is 0 Å². The van der Waals surface area contributed by atoms with Crippen molar-refractivity contribution in [1.29, 1.82) is 0 Å².